The zero-order valence-corrected chi connectivity index (χ0v) is 12.2. The van der Waals surface area contributed by atoms with Crippen LogP contribution in [0.5, 0.6) is 0 Å². The number of hydrogen-bond donors (Lipinski definition) is 0. The van der Waals surface area contributed by atoms with Crippen LogP contribution in [0.25, 0.3) is 10.9 Å². The molecule has 2 aromatic rings. The summed E-state index contributed by atoms with van der Waals surface area (Å²) in [6, 6.07) is 8.11. The topological polar surface area (TPSA) is 31.4 Å². The molecule has 0 N–H and O–H groups in total. The first kappa shape index (κ1) is 13.0. The van der Waals surface area contributed by atoms with Crippen LogP contribution in [-0.2, 0) is 16.1 Å². The van der Waals surface area contributed by atoms with Crippen molar-refractivity contribution in [3.8, 4) is 0 Å². The van der Waals surface area contributed by atoms with Gasteiger partial charge in [0.15, 0.2) is 6.29 Å². The molecule has 19 heavy (non-hydrogen) atoms. The molecule has 0 unspecified atom stereocenters. The van der Waals surface area contributed by atoms with Crippen LogP contribution in [0.3, 0.4) is 0 Å². The Labute approximate surface area is 121 Å². The van der Waals surface area contributed by atoms with Gasteiger partial charge < -0.3 is 9.47 Å². The molecule has 1 saturated heterocycles. The van der Waals surface area contributed by atoms with Crippen LogP contribution in [0.15, 0.2) is 34.9 Å². The monoisotopic (exact) mass is 321 g/mol. The average Bonchev–Trinajstić information content (AvgIpc) is 2.48. The van der Waals surface area contributed by atoms with Gasteiger partial charge in [-0.3, -0.25) is 4.98 Å². The molecule has 0 spiro atoms. The molecule has 0 radical (unpaired) electrons. The van der Waals surface area contributed by atoms with Crippen molar-refractivity contribution in [2.45, 2.75) is 32.2 Å². The Balaban J connectivity index is 1.79. The molecule has 3 rings (SSSR count). The Bertz CT molecular complexity index is 567. The second-order valence-corrected chi connectivity index (χ2v) is 5.57. The van der Waals surface area contributed by atoms with Gasteiger partial charge in [0, 0.05) is 28.2 Å². The van der Waals surface area contributed by atoms with Crippen LogP contribution in [-0.4, -0.2) is 17.9 Å². The van der Waals surface area contributed by atoms with E-state index in [4.69, 9.17) is 9.47 Å². The van der Waals surface area contributed by atoms with E-state index in [0.29, 0.717) is 6.61 Å². The van der Waals surface area contributed by atoms with Gasteiger partial charge in [-0.15, -0.1) is 0 Å². The molecule has 1 aliphatic heterocycles. The fourth-order valence-electron chi connectivity index (χ4n) is 2.34. The molecule has 0 saturated carbocycles. The average molecular weight is 322 g/mol. The van der Waals surface area contributed by atoms with Crippen molar-refractivity contribution in [1.82, 2.24) is 4.98 Å². The maximum Gasteiger partial charge on any atom is 0.158 e. The standard InChI is InChI=1S/C15H16BrNO2/c16-13-7-6-11(15-12(13)4-3-8-17-15)10-19-14-5-1-2-9-18-14/h3-4,6-8,14H,1-2,5,9-10H2/t14-/m1/s1. The molecule has 2 heterocycles. The van der Waals surface area contributed by atoms with Crippen LogP contribution in [0.1, 0.15) is 24.8 Å². The molecule has 0 aliphatic carbocycles. The van der Waals surface area contributed by atoms with Gasteiger partial charge in [-0.05, 0) is 31.4 Å². The van der Waals surface area contributed by atoms with Gasteiger partial charge in [-0.25, -0.2) is 0 Å². The predicted octanol–water partition coefficient (Wildman–Crippen LogP) is 4.04. The summed E-state index contributed by atoms with van der Waals surface area (Å²) in [7, 11) is 0. The minimum Gasteiger partial charge on any atom is -0.353 e. The maximum absolute atomic E-state index is 5.84. The molecule has 1 aromatic carbocycles. The first-order valence-corrected chi connectivity index (χ1v) is 7.39. The van der Waals surface area contributed by atoms with Crippen molar-refractivity contribution in [3.63, 3.8) is 0 Å². The van der Waals surface area contributed by atoms with E-state index in [0.717, 1.165) is 40.4 Å². The number of halogens is 1. The number of fused-ring (bicyclic) bond motifs is 1. The highest BCUT2D eigenvalue weighted by molar-refractivity contribution is 9.10. The third kappa shape index (κ3) is 2.96. The van der Waals surface area contributed by atoms with Gasteiger partial charge in [0.05, 0.1) is 12.1 Å². The number of nitrogens with zero attached hydrogens (tertiary/aromatic N) is 1. The fourth-order valence-corrected chi connectivity index (χ4v) is 2.79. The van der Waals surface area contributed by atoms with Crippen molar-refractivity contribution in [2.75, 3.05) is 6.61 Å². The van der Waals surface area contributed by atoms with E-state index < -0.39 is 0 Å². The Hall–Kier alpha value is -0.970. The van der Waals surface area contributed by atoms with Crippen molar-refractivity contribution in [1.29, 1.82) is 0 Å². The summed E-state index contributed by atoms with van der Waals surface area (Å²) in [4.78, 5) is 4.45. The van der Waals surface area contributed by atoms with Gasteiger partial charge in [0.25, 0.3) is 0 Å². The highest BCUT2D eigenvalue weighted by atomic mass is 79.9. The third-order valence-corrected chi connectivity index (χ3v) is 4.05. The lowest BCUT2D eigenvalue weighted by Crippen LogP contribution is -2.22. The van der Waals surface area contributed by atoms with Crippen molar-refractivity contribution < 1.29 is 9.47 Å². The van der Waals surface area contributed by atoms with Gasteiger partial charge in [-0.1, -0.05) is 28.1 Å². The smallest absolute Gasteiger partial charge is 0.158 e. The Kier molecular flexibility index (Phi) is 4.11. The minimum absolute atomic E-state index is 0.0591. The number of hydrogen-bond acceptors (Lipinski definition) is 3. The lowest BCUT2D eigenvalue weighted by molar-refractivity contribution is -0.168. The van der Waals surface area contributed by atoms with Gasteiger partial charge in [0.2, 0.25) is 0 Å². The van der Waals surface area contributed by atoms with Crippen molar-refractivity contribution in [3.05, 3.63) is 40.5 Å². The summed E-state index contributed by atoms with van der Waals surface area (Å²) in [6.45, 7) is 1.36. The lowest BCUT2D eigenvalue weighted by atomic mass is 10.1. The maximum atomic E-state index is 5.84. The van der Waals surface area contributed by atoms with Crippen molar-refractivity contribution in [2.24, 2.45) is 0 Å². The highest BCUT2D eigenvalue weighted by Crippen LogP contribution is 2.26. The number of benzene rings is 1. The molecule has 3 nitrogen and oxygen atoms in total. The van der Waals surface area contributed by atoms with Crippen LogP contribution in [0.4, 0.5) is 0 Å². The molecular weight excluding hydrogens is 306 g/mol. The summed E-state index contributed by atoms with van der Waals surface area (Å²) in [5.74, 6) is 0. The lowest BCUT2D eigenvalue weighted by Gasteiger charge is -2.22. The Morgan fingerprint density at radius 2 is 2.26 bits per heavy atom. The van der Waals surface area contributed by atoms with Crippen LogP contribution in [0, 0.1) is 0 Å². The number of rotatable bonds is 3. The second-order valence-electron chi connectivity index (χ2n) is 4.71. The number of ether oxygens (including phenoxy) is 2. The summed E-state index contributed by atoms with van der Waals surface area (Å²) < 4.78 is 12.5. The molecule has 100 valence electrons. The second kappa shape index (κ2) is 5.99. The van der Waals surface area contributed by atoms with E-state index in [9.17, 15) is 0 Å². The minimum atomic E-state index is -0.0591. The Morgan fingerprint density at radius 1 is 1.32 bits per heavy atom. The zero-order valence-electron chi connectivity index (χ0n) is 10.6. The van der Waals surface area contributed by atoms with E-state index in [1.54, 1.807) is 0 Å². The van der Waals surface area contributed by atoms with Gasteiger partial charge in [-0.2, -0.15) is 0 Å². The zero-order chi connectivity index (χ0) is 13.1. The molecular formula is C15H16BrNO2. The van der Waals surface area contributed by atoms with Crippen LogP contribution in [0.2, 0.25) is 0 Å². The van der Waals surface area contributed by atoms with E-state index in [1.807, 2.05) is 18.3 Å². The first-order chi connectivity index (χ1) is 9.34. The molecule has 1 fully saturated rings. The van der Waals surface area contributed by atoms with E-state index in [2.05, 4.69) is 33.0 Å². The van der Waals surface area contributed by atoms with E-state index in [1.165, 1.54) is 6.42 Å². The quantitative estimate of drug-likeness (QED) is 0.854. The third-order valence-electron chi connectivity index (χ3n) is 3.36. The SMILES string of the molecule is Brc1ccc(CO[C@@H]2CCCCO2)c2ncccc12. The normalized spacial score (nSPS) is 19.7. The summed E-state index contributed by atoms with van der Waals surface area (Å²) >= 11 is 3.55. The highest BCUT2D eigenvalue weighted by Gasteiger charge is 2.15. The molecule has 0 bridgehead atoms. The van der Waals surface area contributed by atoms with Gasteiger partial charge >= 0.3 is 0 Å². The van der Waals surface area contributed by atoms with E-state index in [-0.39, 0.29) is 6.29 Å². The molecule has 1 aromatic heterocycles. The summed E-state index contributed by atoms with van der Waals surface area (Å²) in [5, 5.41) is 1.12. The molecule has 0 amide bonds. The van der Waals surface area contributed by atoms with Crippen LogP contribution >= 0.6 is 15.9 Å². The Morgan fingerprint density at radius 3 is 3.11 bits per heavy atom. The molecule has 1 atom stereocenters. The predicted molar refractivity (Wildman–Crippen MR) is 77.8 cm³/mol. The van der Waals surface area contributed by atoms with E-state index >= 15 is 0 Å². The van der Waals surface area contributed by atoms with Crippen molar-refractivity contribution >= 4 is 26.8 Å². The summed E-state index contributed by atoms with van der Waals surface area (Å²) in [6.07, 6.45) is 5.07. The summed E-state index contributed by atoms with van der Waals surface area (Å²) in [5.41, 5.74) is 2.10. The number of pyridine rings is 1. The molecule has 1 aliphatic rings. The number of aromatic nitrogens is 1. The van der Waals surface area contributed by atoms with Gasteiger partial charge in [0.1, 0.15) is 0 Å². The fraction of sp³-hybridized carbons (Fsp3) is 0.400. The molecule has 4 heteroatoms. The van der Waals surface area contributed by atoms with Crippen LogP contribution < -0.4 is 0 Å². The first-order valence-electron chi connectivity index (χ1n) is 6.60. The largest absolute Gasteiger partial charge is 0.353 e.